The third kappa shape index (κ3) is 2.74. The third-order valence-electron chi connectivity index (χ3n) is 2.67. The highest BCUT2D eigenvalue weighted by molar-refractivity contribution is 5.96. The van der Waals surface area contributed by atoms with Gasteiger partial charge in [0.05, 0.1) is 5.56 Å². The fourth-order valence-electron chi connectivity index (χ4n) is 1.68. The Morgan fingerprint density at radius 3 is 2.83 bits per heavy atom. The minimum Gasteiger partial charge on any atom is -0.438 e. The standard InChI is InChI=1S/C15H15NO2/c1-3-12-6-4-7-13(10-12)18-15-14(11(2)17)8-5-9-16-15/h4-10H,3H2,1-2H3. The molecule has 2 rings (SSSR count). The first kappa shape index (κ1) is 12.3. The number of hydrogen-bond donors (Lipinski definition) is 0. The lowest BCUT2D eigenvalue weighted by Gasteiger charge is -2.08. The number of aromatic nitrogens is 1. The summed E-state index contributed by atoms with van der Waals surface area (Å²) in [4.78, 5) is 15.6. The maximum absolute atomic E-state index is 11.5. The van der Waals surface area contributed by atoms with E-state index in [-0.39, 0.29) is 5.78 Å². The van der Waals surface area contributed by atoms with Crippen molar-refractivity contribution in [3.8, 4) is 11.6 Å². The van der Waals surface area contributed by atoms with Crippen LogP contribution in [0.25, 0.3) is 0 Å². The molecule has 0 radical (unpaired) electrons. The summed E-state index contributed by atoms with van der Waals surface area (Å²) < 4.78 is 5.68. The van der Waals surface area contributed by atoms with Gasteiger partial charge in [-0.2, -0.15) is 0 Å². The number of carbonyl (C=O) groups is 1. The van der Waals surface area contributed by atoms with E-state index in [4.69, 9.17) is 4.74 Å². The molecular formula is C15H15NO2. The van der Waals surface area contributed by atoms with Gasteiger partial charge in [0, 0.05) is 6.20 Å². The Morgan fingerprint density at radius 1 is 1.28 bits per heavy atom. The normalized spacial score (nSPS) is 10.1. The maximum Gasteiger partial charge on any atom is 0.230 e. The zero-order chi connectivity index (χ0) is 13.0. The van der Waals surface area contributed by atoms with E-state index in [0.717, 1.165) is 6.42 Å². The Morgan fingerprint density at radius 2 is 2.11 bits per heavy atom. The summed E-state index contributed by atoms with van der Waals surface area (Å²) in [5.74, 6) is 1.01. The molecule has 0 bridgehead atoms. The summed E-state index contributed by atoms with van der Waals surface area (Å²) in [6.07, 6.45) is 2.56. The fourth-order valence-corrected chi connectivity index (χ4v) is 1.68. The lowest BCUT2D eigenvalue weighted by atomic mass is 10.1. The van der Waals surface area contributed by atoms with E-state index < -0.39 is 0 Å². The summed E-state index contributed by atoms with van der Waals surface area (Å²) >= 11 is 0. The predicted octanol–water partition coefficient (Wildman–Crippen LogP) is 3.64. The van der Waals surface area contributed by atoms with Gasteiger partial charge in [-0.15, -0.1) is 0 Å². The number of rotatable bonds is 4. The summed E-state index contributed by atoms with van der Waals surface area (Å²) in [7, 11) is 0. The number of Topliss-reactive ketones (excluding diaryl/α,β-unsaturated/α-hetero) is 1. The van der Waals surface area contributed by atoms with Crippen LogP contribution in [-0.4, -0.2) is 10.8 Å². The minimum absolute atomic E-state index is 0.0512. The van der Waals surface area contributed by atoms with Gasteiger partial charge in [-0.05, 0) is 43.2 Å². The van der Waals surface area contributed by atoms with Crippen LogP contribution in [0, 0.1) is 0 Å². The van der Waals surface area contributed by atoms with E-state index >= 15 is 0 Å². The molecule has 1 aromatic carbocycles. The highest BCUT2D eigenvalue weighted by Crippen LogP contribution is 2.24. The molecule has 0 N–H and O–H groups in total. The molecule has 3 nitrogen and oxygen atoms in total. The Kier molecular flexibility index (Phi) is 3.72. The van der Waals surface area contributed by atoms with E-state index in [9.17, 15) is 4.79 Å². The van der Waals surface area contributed by atoms with Crippen molar-refractivity contribution in [2.75, 3.05) is 0 Å². The minimum atomic E-state index is -0.0512. The number of ether oxygens (including phenoxy) is 1. The number of aryl methyl sites for hydroxylation is 1. The summed E-state index contributed by atoms with van der Waals surface area (Å²) in [6, 6.07) is 11.2. The molecule has 18 heavy (non-hydrogen) atoms. The van der Waals surface area contributed by atoms with Crippen molar-refractivity contribution in [3.05, 3.63) is 53.7 Å². The molecule has 1 aromatic heterocycles. The number of nitrogens with zero attached hydrogens (tertiary/aromatic N) is 1. The van der Waals surface area contributed by atoms with E-state index in [1.165, 1.54) is 12.5 Å². The zero-order valence-corrected chi connectivity index (χ0v) is 10.5. The van der Waals surface area contributed by atoms with Gasteiger partial charge in [0.15, 0.2) is 5.78 Å². The fraction of sp³-hybridized carbons (Fsp3) is 0.200. The van der Waals surface area contributed by atoms with E-state index in [1.54, 1.807) is 18.3 Å². The first-order chi connectivity index (χ1) is 8.70. The maximum atomic E-state index is 11.5. The topological polar surface area (TPSA) is 39.2 Å². The van der Waals surface area contributed by atoms with Gasteiger partial charge in [-0.1, -0.05) is 19.1 Å². The molecule has 0 aliphatic carbocycles. The van der Waals surface area contributed by atoms with Gasteiger partial charge in [-0.25, -0.2) is 4.98 Å². The Bertz CT molecular complexity index is 564. The molecular weight excluding hydrogens is 226 g/mol. The van der Waals surface area contributed by atoms with E-state index in [0.29, 0.717) is 17.2 Å². The molecule has 0 aliphatic heterocycles. The van der Waals surface area contributed by atoms with Crippen LogP contribution in [-0.2, 0) is 6.42 Å². The van der Waals surface area contributed by atoms with Crippen LogP contribution in [0.1, 0.15) is 29.8 Å². The van der Waals surface area contributed by atoms with E-state index in [2.05, 4.69) is 11.9 Å². The average Bonchev–Trinajstić information content (AvgIpc) is 2.39. The number of hydrogen-bond acceptors (Lipinski definition) is 3. The number of pyridine rings is 1. The molecule has 0 amide bonds. The second-order valence-corrected chi connectivity index (χ2v) is 4.02. The van der Waals surface area contributed by atoms with Crippen molar-refractivity contribution in [1.29, 1.82) is 0 Å². The number of benzene rings is 1. The van der Waals surface area contributed by atoms with E-state index in [1.807, 2.05) is 24.3 Å². The van der Waals surface area contributed by atoms with Crippen LogP contribution in [0.3, 0.4) is 0 Å². The monoisotopic (exact) mass is 241 g/mol. The van der Waals surface area contributed by atoms with Crippen LogP contribution in [0.2, 0.25) is 0 Å². The Labute approximate surface area is 106 Å². The molecule has 0 saturated carbocycles. The van der Waals surface area contributed by atoms with Gasteiger partial charge in [-0.3, -0.25) is 4.79 Å². The van der Waals surface area contributed by atoms with Crippen LogP contribution < -0.4 is 4.74 Å². The van der Waals surface area contributed by atoms with Crippen molar-refractivity contribution in [2.45, 2.75) is 20.3 Å². The smallest absolute Gasteiger partial charge is 0.230 e. The highest BCUT2D eigenvalue weighted by atomic mass is 16.5. The first-order valence-electron chi connectivity index (χ1n) is 5.93. The van der Waals surface area contributed by atoms with Gasteiger partial charge in [0.2, 0.25) is 5.88 Å². The first-order valence-corrected chi connectivity index (χ1v) is 5.93. The number of carbonyl (C=O) groups excluding carboxylic acids is 1. The van der Waals surface area contributed by atoms with Crippen LogP contribution in [0.15, 0.2) is 42.6 Å². The molecule has 0 atom stereocenters. The Hall–Kier alpha value is -2.16. The summed E-state index contributed by atoms with van der Waals surface area (Å²) in [5, 5.41) is 0. The molecule has 2 aromatic rings. The predicted molar refractivity (Wildman–Crippen MR) is 70.1 cm³/mol. The summed E-state index contributed by atoms with van der Waals surface area (Å²) in [6.45, 7) is 3.59. The van der Waals surface area contributed by atoms with Crippen molar-refractivity contribution >= 4 is 5.78 Å². The second kappa shape index (κ2) is 5.45. The molecule has 0 aliphatic rings. The summed E-state index contributed by atoms with van der Waals surface area (Å²) in [5.41, 5.74) is 1.69. The molecule has 0 unspecified atom stereocenters. The van der Waals surface area contributed by atoms with Gasteiger partial charge >= 0.3 is 0 Å². The largest absolute Gasteiger partial charge is 0.438 e. The van der Waals surface area contributed by atoms with Crippen LogP contribution in [0.5, 0.6) is 11.6 Å². The molecule has 0 saturated heterocycles. The highest BCUT2D eigenvalue weighted by Gasteiger charge is 2.09. The zero-order valence-electron chi connectivity index (χ0n) is 10.5. The molecule has 0 fully saturated rings. The molecule has 92 valence electrons. The van der Waals surface area contributed by atoms with Crippen molar-refractivity contribution in [3.63, 3.8) is 0 Å². The van der Waals surface area contributed by atoms with Gasteiger partial charge in [0.25, 0.3) is 0 Å². The lowest BCUT2D eigenvalue weighted by molar-refractivity contribution is 0.101. The van der Waals surface area contributed by atoms with Crippen molar-refractivity contribution in [2.24, 2.45) is 0 Å². The van der Waals surface area contributed by atoms with Gasteiger partial charge in [0.1, 0.15) is 5.75 Å². The van der Waals surface area contributed by atoms with Crippen LogP contribution >= 0.6 is 0 Å². The SMILES string of the molecule is CCc1cccc(Oc2ncccc2C(C)=O)c1. The molecule has 3 heteroatoms. The lowest BCUT2D eigenvalue weighted by Crippen LogP contribution is -1.99. The molecule has 0 spiro atoms. The third-order valence-corrected chi connectivity index (χ3v) is 2.67. The average molecular weight is 241 g/mol. The van der Waals surface area contributed by atoms with Crippen molar-refractivity contribution in [1.82, 2.24) is 4.98 Å². The molecule has 1 heterocycles. The van der Waals surface area contributed by atoms with Crippen molar-refractivity contribution < 1.29 is 9.53 Å². The van der Waals surface area contributed by atoms with Crippen LogP contribution in [0.4, 0.5) is 0 Å². The quantitative estimate of drug-likeness (QED) is 0.767. The second-order valence-electron chi connectivity index (χ2n) is 4.02. The number of ketones is 1. The van der Waals surface area contributed by atoms with Gasteiger partial charge < -0.3 is 4.74 Å². The Balaban J connectivity index is 2.31.